The first-order valence-corrected chi connectivity index (χ1v) is 7.87. The maximum absolute atomic E-state index is 12.4. The lowest BCUT2D eigenvalue weighted by molar-refractivity contribution is 0.0925. The highest BCUT2D eigenvalue weighted by atomic mass is 16.3. The molecule has 0 aliphatic carbocycles. The van der Waals surface area contributed by atoms with E-state index in [4.69, 9.17) is 4.42 Å². The molecule has 0 saturated heterocycles. The van der Waals surface area contributed by atoms with Crippen LogP contribution in [0.2, 0.25) is 0 Å². The standard InChI is InChI=1S/C18H16N4O3/c1-10-13(11(2)22-16(20-10)8-17(23)21-22)9-19-18(24)15-7-12-5-3-4-6-14(12)25-15/h3-8H,9H2,1-2H3,(H,19,24)(H,21,23). The second-order valence-electron chi connectivity index (χ2n) is 5.91. The molecule has 3 heterocycles. The molecule has 0 aliphatic heterocycles. The number of nitrogens with zero attached hydrogens (tertiary/aromatic N) is 2. The molecule has 0 fully saturated rings. The predicted molar refractivity (Wildman–Crippen MR) is 92.7 cm³/mol. The van der Waals surface area contributed by atoms with E-state index in [0.717, 1.165) is 22.3 Å². The average molecular weight is 336 g/mol. The van der Waals surface area contributed by atoms with Crippen molar-refractivity contribution in [1.29, 1.82) is 0 Å². The molecule has 0 spiro atoms. The topological polar surface area (TPSA) is 92.4 Å². The summed E-state index contributed by atoms with van der Waals surface area (Å²) in [6.07, 6.45) is 0. The van der Waals surface area contributed by atoms with Gasteiger partial charge in [0.05, 0.1) is 0 Å². The van der Waals surface area contributed by atoms with E-state index in [1.54, 1.807) is 10.6 Å². The first-order valence-electron chi connectivity index (χ1n) is 7.87. The Labute approximate surface area is 142 Å². The van der Waals surface area contributed by atoms with E-state index in [-0.39, 0.29) is 23.8 Å². The molecule has 0 unspecified atom stereocenters. The van der Waals surface area contributed by atoms with Crippen LogP contribution in [0.5, 0.6) is 0 Å². The number of hydrogen-bond donors (Lipinski definition) is 2. The number of benzene rings is 1. The third-order valence-electron chi connectivity index (χ3n) is 4.28. The van der Waals surface area contributed by atoms with Crippen molar-refractivity contribution in [3.8, 4) is 0 Å². The summed E-state index contributed by atoms with van der Waals surface area (Å²) >= 11 is 0. The highest BCUT2D eigenvalue weighted by Crippen LogP contribution is 2.19. The number of amides is 1. The normalized spacial score (nSPS) is 11.3. The minimum Gasteiger partial charge on any atom is -0.451 e. The average Bonchev–Trinajstić information content (AvgIpc) is 3.17. The van der Waals surface area contributed by atoms with E-state index in [9.17, 15) is 9.59 Å². The highest BCUT2D eigenvalue weighted by Gasteiger charge is 2.15. The Kier molecular flexibility index (Phi) is 3.42. The monoisotopic (exact) mass is 336 g/mol. The number of hydrogen-bond acceptors (Lipinski definition) is 4. The Morgan fingerprint density at radius 1 is 1.28 bits per heavy atom. The number of aryl methyl sites for hydroxylation is 2. The van der Waals surface area contributed by atoms with E-state index < -0.39 is 0 Å². The Balaban J connectivity index is 1.61. The van der Waals surface area contributed by atoms with Gasteiger partial charge in [-0.25, -0.2) is 9.50 Å². The van der Waals surface area contributed by atoms with Crippen molar-refractivity contribution in [3.05, 3.63) is 69.5 Å². The van der Waals surface area contributed by atoms with Crippen molar-refractivity contribution in [3.63, 3.8) is 0 Å². The second kappa shape index (κ2) is 5.62. The van der Waals surface area contributed by atoms with Gasteiger partial charge in [-0.1, -0.05) is 18.2 Å². The molecule has 7 heteroatoms. The summed E-state index contributed by atoms with van der Waals surface area (Å²) < 4.78 is 7.19. The van der Waals surface area contributed by atoms with Crippen molar-refractivity contribution in [2.24, 2.45) is 0 Å². The molecule has 0 saturated carbocycles. The Hall–Kier alpha value is -3.35. The van der Waals surface area contributed by atoms with Gasteiger partial charge in [-0.2, -0.15) is 0 Å². The molecule has 25 heavy (non-hydrogen) atoms. The number of fused-ring (bicyclic) bond motifs is 2. The molecule has 1 aromatic carbocycles. The van der Waals surface area contributed by atoms with Crippen molar-refractivity contribution in [2.45, 2.75) is 20.4 Å². The van der Waals surface area contributed by atoms with Crippen LogP contribution in [0.15, 0.2) is 45.6 Å². The number of rotatable bonds is 3. The summed E-state index contributed by atoms with van der Waals surface area (Å²) in [6, 6.07) is 10.6. The first kappa shape index (κ1) is 15.2. The van der Waals surface area contributed by atoms with Crippen molar-refractivity contribution >= 4 is 22.5 Å². The van der Waals surface area contributed by atoms with Gasteiger partial charge in [-0.15, -0.1) is 0 Å². The molecule has 2 N–H and O–H groups in total. The fourth-order valence-electron chi connectivity index (χ4n) is 2.96. The third-order valence-corrected chi connectivity index (χ3v) is 4.28. The summed E-state index contributed by atoms with van der Waals surface area (Å²) in [5.41, 5.74) is 3.47. The van der Waals surface area contributed by atoms with E-state index in [0.29, 0.717) is 11.2 Å². The van der Waals surface area contributed by atoms with Gasteiger partial charge in [0.2, 0.25) is 0 Å². The van der Waals surface area contributed by atoms with Crippen LogP contribution in [0.25, 0.3) is 16.6 Å². The molecule has 4 aromatic rings. The number of para-hydroxylation sites is 1. The smallest absolute Gasteiger partial charge is 0.287 e. The fraction of sp³-hybridized carbons (Fsp3) is 0.167. The summed E-state index contributed by atoms with van der Waals surface area (Å²) in [7, 11) is 0. The first-order chi connectivity index (χ1) is 12.0. The van der Waals surface area contributed by atoms with Gasteiger partial charge in [0.25, 0.3) is 11.5 Å². The highest BCUT2D eigenvalue weighted by molar-refractivity contribution is 5.96. The van der Waals surface area contributed by atoms with Crippen molar-refractivity contribution in [1.82, 2.24) is 19.9 Å². The van der Waals surface area contributed by atoms with E-state index in [1.165, 1.54) is 6.07 Å². The molecule has 0 atom stereocenters. The molecule has 0 radical (unpaired) electrons. The van der Waals surface area contributed by atoms with Gasteiger partial charge >= 0.3 is 0 Å². The second-order valence-corrected chi connectivity index (χ2v) is 5.91. The van der Waals surface area contributed by atoms with E-state index in [2.05, 4.69) is 15.4 Å². The number of H-pyrrole nitrogens is 1. The minimum atomic E-state index is -0.295. The molecule has 1 amide bonds. The molecule has 3 aromatic heterocycles. The number of carbonyl (C=O) groups is 1. The number of nitrogens with one attached hydrogen (secondary N) is 2. The molecular formula is C18H16N4O3. The lowest BCUT2D eigenvalue weighted by Gasteiger charge is -2.11. The van der Waals surface area contributed by atoms with Crippen LogP contribution in [-0.4, -0.2) is 20.5 Å². The Bertz CT molecular complexity index is 1130. The van der Waals surface area contributed by atoms with Crippen LogP contribution in [0.4, 0.5) is 0 Å². The zero-order chi connectivity index (χ0) is 17.6. The molecule has 7 nitrogen and oxygen atoms in total. The maximum Gasteiger partial charge on any atom is 0.287 e. The number of furan rings is 1. The molecular weight excluding hydrogens is 320 g/mol. The summed E-state index contributed by atoms with van der Waals surface area (Å²) in [4.78, 5) is 28.3. The minimum absolute atomic E-state index is 0.210. The zero-order valence-corrected chi connectivity index (χ0v) is 13.8. The Morgan fingerprint density at radius 2 is 2.08 bits per heavy atom. The predicted octanol–water partition coefficient (Wildman–Crippen LogP) is 2.32. The quantitative estimate of drug-likeness (QED) is 0.600. The SMILES string of the molecule is Cc1nc2cc(=O)[nH]n2c(C)c1CNC(=O)c1cc2ccccc2o1. The van der Waals surface area contributed by atoms with Crippen LogP contribution in [-0.2, 0) is 6.54 Å². The number of carbonyl (C=O) groups excluding carboxylic acids is 1. The number of aromatic amines is 1. The van der Waals surface area contributed by atoms with Gasteiger partial charge in [0.1, 0.15) is 5.58 Å². The zero-order valence-electron chi connectivity index (χ0n) is 13.8. The summed E-state index contributed by atoms with van der Waals surface area (Å²) in [5.74, 6) is -0.0315. The van der Waals surface area contributed by atoms with E-state index in [1.807, 2.05) is 38.1 Å². The van der Waals surface area contributed by atoms with Gasteiger partial charge in [0, 0.05) is 34.9 Å². The lowest BCUT2D eigenvalue weighted by Crippen LogP contribution is -2.24. The number of aromatic nitrogens is 3. The van der Waals surface area contributed by atoms with Crippen LogP contribution in [0.3, 0.4) is 0 Å². The molecule has 4 rings (SSSR count). The van der Waals surface area contributed by atoms with Crippen LogP contribution >= 0.6 is 0 Å². The van der Waals surface area contributed by atoms with Crippen molar-refractivity contribution in [2.75, 3.05) is 0 Å². The van der Waals surface area contributed by atoms with Gasteiger partial charge in [-0.3, -0.25) is 14.7 Å². The fourth-order valence-corrected chi connectivity index (χ4v) is 2.96. The third kappa shape index (κ3) is 2.59. The van der Waals surface area contributed by atoms with Crippen LogP contribution < -0.4 is 10.9 Å². The van der Waals surface area contributed by atoms with E-state index >= 15 is 0 Å². The summed E-state index contributed by atoms with van der Waals surface area (Å²) in [6.45, 7) is 4.02. The largest absolute Gasteiger partial charge is 0.451 e. The molecule has 0 bridgehead atoms. The van der Waals surface area contributed by atoms with Gasteiger partial charge < -0.3 is 9.73 Å². The molecule has 126 valence electrons. The maximum atomic E-state index is 12.4. The van der Waals surface area contributed by atoms with Gasteiger partial charge in [0.15, 0.2) is 11.4 Å². The van der Waals surface area contributed by atoms with Crippen LogP contribution in [0, 0.1) is 13.8 Å². The lowest BCUT2D eigenvalue weighted by atomic mass is 10.1. The molecule has 0 aliphatic rings. The van der Waals surface area contributed by atoms with Crippen LogP contribution in [0.1, 0.15) is 27.5 Å². The summed E-state index contributed by atoms with van der Waals surface area (Å²) in [5, 5.41) is 6.43. The van der Waals surface area contributed by atoms with Gasteiger partial charge in [-0.05, 0) is 26.0 Å². The van der Waals surface area contributed by atoms with Crippen molar-refractivity contribution < 1.29 is 9.21 Å². The Morgan fingerprint density at radius 3 is 2.88 bits per heavy atom.